The molecular weight excluding hydrogens is 429 g/mol. The van der Waals surface area contributed by atoms with Gasteiger partial charge < -0.3 is 20.3 Å². The van der Waals surface area contributed by atoms with Crippen LogP contribution in [0.4, 0.5) is 5.82 Å². The Kier molecular flexibility index (Phi) is 10.1. The van der Waals surface area contributed by atoms with Crippen LogP contribution in [0.15, 0.2) is 23.3 Å². The highest BCUT2D eigenvalue weighted by molar-refractivity contribution is 14.0. The second-order valence-corrected chi connectivity index (χ2v) is 6.46. The molecule has 2 heterocycles. The second-order valence-electron chi connectivity index (χ2n) is 6.46. The largest absolute Gasteiger partial charge is 0.378 e. The number of guanidine groups is 1. The number of aliphatic imine (C=N–C) groups is 1. The average Bonchev–Trinajstić information content (AvgIpc) is 2.60. The van der Waals surface area contributed by atoms with Crippen molar-refractivity contribution in [2.24, 2.45) is 10.9 Å². The molecule has 0 amide bonds. The Labute approximate surface area is 168 Å². The van der Waals surface area contributed by atoms with Gasteiger partial charge in [-0.25, -0.2) is 9.98 Å². The van der Waals surface area contributed by atoms with Crippen molar-refractivity contribution in [1.29, 1.82) is 0 Å². The summed E-state index contributed by atoms with van der Waals surface area (Å²) in [5, 5.41) is 6.79. The van der Waals surface area contributed by atoms with Crippen LogP contribution in [0.2, 0.25) is 0 Å². The topological polar surface area (TPSA) is 61.8 Å². The fourth-order valence-corrected chi connectivity index (χ4v) is 2.48. The maximum atomic E-state index is 5.44. The van der Waals surface area contributed by atoms with Crippen LogP contribution >= 0.6 is 24.0 Å². The van der Waals surface area contributed by atoms with Gasteiger partial charge in [-0.3, -0.25) is 0 Å². The third-order valence-electron chi connectivity index (χ3n) is 4.29. The van der Waals surface area contributed by atoms with Crippen LogP contribution in [0.3, 0.4) is 0 Å². The van der Waals surface area contributed by atoms with Gasteiger partial charge in [0, 0.05) is 37.4 Å². The van der Waals surface area contributed by atoms with Crippen molar-refractivity contribution < 1.29 is 4.74 Å². The molecule has 0 radical (unpaired) electrons. The molecule has 1 aromatic rings. The first kappa shape index (κ1) is 22.0. The van der Waals surface area contributed by atoms with E-state index in [1.165, 1.54) is 0 Å². The predicted octanol–water partition coefficient (Wildman–Crippen LogP) is 2.64. The lowest BCUT2D eigenvalue weighted by atomic mass is 10.1. The molecule has 1 fully saturated rings. The first-order valence-electron chi connectivity index (χ1n) is 8.93. The molecule has 0 aromatic carbocycles. The van der Waals surface area contributed by atoms with E-state index in [1.807, 2.05) is 12.3 Å². The minimum atomic E-state index is 0. The van der Waals surface area contributed by atoms with E-state index in [0.717, 1.165) is 50.2 Å². The fourth-order valence-electron chi connectivity index (χ4n) is 2.48. The van der Waals surface area contributed by atoms with Gasteiger partial charge >= 0.3 is 0 Å². The van der Waals surface area contributed by atoms with Gasteiger partial charge in [-0.05, 0) is 25.8 Å². The van der Waals surface area contributed by atoms with Crippen LogP contribution < -0.4 is 15.5 Å². The molecule has 0 bridgehead atoms. The van der Waals surface area contributed by atoms with Crippen molar-refractivity contribution >= 4 is 35.8 Å². The first-order valence-corrected chi connectivity index (χ1v) is 8.93. The van der Waals surface area contributed by atoms with Gasteiger partial charge in [-0.15, -0.1) is 24.0 Å². The van der Waals surface area contributed by atoms with Gasteiger partial charge in [-0.1, -0.05) is 19.9 Å². The summed E-state index contributed by atoms with van der Waals surface area (Å²) in [5.74, 6) is 2.43. The van der Waals surface area contributed by atoms with Crippen molar-refractivity contribution in [3.63, 3.8) is 0 Å². The van der Waals surface area contributed by atoms with Gasteiger partial charge in [0.15, 0.2) is 5.96 Å². The van der Waals surface area contributed by atoms with Gasteiger partial charge in [0.2, 0.25) is 0 Å². The van der Waals surface area contributed by atoms with E-state index in [9.17, 15) is 0 Å². The average molecular weight is 461 g/mol. The van der Waals surface area contributed by atoms with E-state index in [1.54, 1.807) is 0 Å². The summed E-state index contributed by atoms with van der Waals surface area (Å²) in [4.78, 5) is 11.6. The van der Waals surface area contributed by atoms with Crippen molar-refractivity contribution in [2.45, 2.75) is 40.3 Å². The predicted molar refractivity (Wildman–Crippen MR) is 115 cm³/mol. The highest BCUT2D eigenvalue weighted by atomic mass is 127. The number of anilines is 1. The van der Waals surface area contributed by atoms with Gasteiger partial charge in [-0.2, -0.15) is 0 Å². The highest BCUT2D eigenvalue weighted by Gasteiger charge is 2.16. The molecule has 1 saturated heterocycles. The molecule has 1 aliphatic rings. The zero-order chi connectivity index (χ0) is 17.4. The summed E-state index contributed by atoms with van der Waals surface area (Å²) in [5.41, 5.74) is 1.15. The smallest absolute Gasteiger partial charge is 0.191 e. The number of nitrogens with one attached hydrogen (secondary N) is 2. The molecule has 0 saturated carbocycles. The van der Waals surface area contributed by atoms with Crippen LogP contribution in [0.5, 0.6) is 0 Å². The number of ether oxygens (including phenoxy) is 1. The Morgan fingerprint density at radius 3 is 2.68 bits per heavy atom. The Morgan fingerprint density at radius 1 is 1.32 bits per heavy atom. The number of rotatable bonds is 6. The van der Waals surface area contributed by atoms with Crippen molar-refractivity contribution in [1.82, 2.24) is 15.6 Å². The molecule has 25 heavy (non-hydrogen) atoms. The summed E-state index contributed by atoms with van der Waals surface area (Å²) in [7, 11) is 0. The number of aromatic nitrogens is 1. The van der Waals surface area contributed by atoms with Crippen molar-refractivity contribution in [2.75, 3.05) is 37.7 Å². The molecular formula is C18H32IN5O. The van der Waals surface area contributed by atoms with E-state index < -0.39 is 0 Å². The maximum absolute atomic E-state index is 5.44. The van der Waals surface area contributed by atoms with Gasteiger partial charge in [0.1, 0.15) is 5.82 Å². The quantitative estimate of drug-likeness (QED) is 0.388. The van der Waals surface area contributed by atoms with E-state index in [2.05, 4.69) is 54.3 Å². The minimum Gasteiger partial charge on any atom is -0.378 e. The molecule has 0 spiro atoms. The SMILES string of the molecule is CCNC(=NCc1cccnc1N1CCOCC1)NC(C)C(C)C.I. The number of halogens is 1. The molecule has 1 aromatic heterocycles. The third kappa shape index (κ3) is 6.97. The molecule has 1 aliphatic heterocycles. The summed E-state index contributed by atoms with van der Waals surface area (Å²) in [6.45, 7) is 13.4. The van der Waals surface area contributed by atoms with E-state index in [0.29, 0.717) is 18.5 Å². The van der Waals surface area contributed by atoms with Gasteiger partial charge in [0.05, 0.1) is 19.8 Å². The number of morpholine rings is 1. The zero-order valence-corrected chi connectivity index (χ0v) is 18.1. The summed E-state index contributed by atoms with van der Waals surface area (Å²) in [6.07, 6.45) is 1.85. The molecule has 1 unspecified atom stereocenters. The van der Waals surface area contributed by atoms with Gasteiger partial charge in [0.25, 0.3) is 0 Å². The van der Waals surface area contributed by atoms with Crippen LogP contribution in [0.25, 0.3) is 0 Å². The zero-order valence-electron chi connectivity index (χ0n) is 15.8. The molecule has 7 heteroatoms. The molecule has 0 aliphatic carbocycles. The van der Waals surface area contributed by atoms with Crippen molar-refractivity contribution in [3.05, 3.63) is 23.9 Å². The highest BCUT2D eigenvalue weighted by Crippen LogP contribution is 2.19. The lowest BCUT2D eigenvalue weighted by molar-refractivity contribution is 0.122. The molecule has 142 valence electrons. The van der Waals surface area contributed by atoms with Crippen LogP contribution in [-0.2, 0) is 11.3 Å². The maximum Gasteiger partial charge on any atom is 0.191 e. The van der Waals surface area contributed by atoms with E-state index >= 15 is 0 Å². The molecule has 2 N–H and O–H groups in total. The number of nitrogens with zero attached hydrogens (tertiary/aromatic N) is 3. The second kappa shape index (κ2) is 11.5. The number of hydrogen-bond donors (Lipinski definition) is 2. The minimum absolute atomic E-state index is 0. The monoisotopic (exact) mass is 461 g/mol. The Balaban J connectivity index is 0.00000312. The molecule has 1 atom stereocenters. The summed E-state index contributed by atoms with van der Waals surface area (Å²) < 4.78 is 5.44. The molecule has 6 nitrogen and oxygen atoms in total. The van der Waals surface area contributed by atoms with E-state index in [4.69, 9.17) is 9.73 Å². The number of pyridine rings is 1. The lowest BCUT2D eigenvalue weighted by Gasteiger charge is -2.29. The van der Waals surface area contributed by atoms with Crippen LogP contribution in [0, 0.1) is 5.92 Å². The number of hydrogen-bond acceptors (Lipinski definition) is 4. The van der Waals surface area contributed by atoms with Crippen LogP contribution in [0.1, 0.15) is 33.3 Å². The Bertz CT molecular complexity index is 532. The summed E-state index contributed by atoms with van der Waals surface area (Å²) in [6, 6.07) is 4.46. The normalized spacial score (nSPS) is 16.4. The van der Waals surface area contributed by atoms with Crippen molar-refractivity contribution in [3.8, 4) is 0 Å². The molecule has 2 rings (SSSR count). The third-order valence-corrected chi connectivity index (χ3v) is 4.29. The Morgan fingerprint density at radius 2 is 2.04 bits per heavy atom. The standard InChI is InChI=1S/C18H31N5O.HI/c1-5-19-18(22-15(4)14(2)3)21-13-16-7-6-8-20-17(16)23-9-11-24-12-10-23;/h6-8,14-15H,5,9-13H2,1-4H3,(H2,19,21,22);1H. The summed E-state index contributed by atoms with van der Waals surface area (Å²) >= 11 is 0. The van der Waals surface area contributed by atoms with E-state index in [-0.39, 0.29) is 24.0 Å². The lowest BCUT2D eigenvalue weighted by Crippen LogP contribution is -2.44. The van der Waals surface area contributed by atoms with Crippen LogP contribution in [-0.4, -0.2) is 49.8 Å². The Hall–Kier alpha value is -1.09. The fraction of sp³-hybridized carbons (Fsp3) is 0.667. The first-order chi connectivity index (χ1) is 11.6.